The number of carboxylic acid groups (broad SMARTS) is 1. The van der Waals surface area contributed by atoms with Crippen LogP contribution >= 0.6 is 0 Å². The molecule has 0 saturated carbocycles. The first kappa shape index (κ1) is 13.3. The molecule has 7 heteroatoms. The molecule has 1 aliphatic heterocycles. The summed E-state index contributed by atoms with van der Waals surface area (Å²) in [5.74, 6) is -1.96. The van der Waals surface area contributed by atoms with E-state index in [1.807, 2.05) is 6.07 Å². The van der Waals surface area contributed by atoms with Crippen molar-refractivity contribution < 1.29 is 19.5 Å². The first-order chi connectivity index (χ1) is 10.0. The van der Waals surface area contributed by atoms with Crippen molar-refractivity contribution in [3.8, 4) is 0 Å². The zero-order valence-electron chi connectivity index (χ0n) is 11.1. The van der Waals surface area contributed by atoms with E-state index >= 15 is 0 Å². The van der Waals surface area contributed by atoms with E-state index in [4.69, 9.17) is 5.11 Å². The Balaban J connectivity index is 2.02. The monoisotopic (exact) mass is 287 g/mol. The number of carbonyl (C=O) groups excluding carboxylic acids is 2. The Morgan fingerprint density at radius 2 is 2.24 bits per heavy atom. The van der Waals surface area contributed by atoms with Crippen LogP contribution in [0.2, 0.25) is 0 Å². The maximum absolute atomic E-state index is 12.0. The molecule has 21 heavy (non-hydrogen) atoms. The van der Waals surface area contributed by atoms with Crippen molar-refractivity contribution in [2.24, 2.45) is 0 Å². The van der Waals surface area contributed by atoms with Crippen LogP contribution in [0, 0.1) is 0 Å². The number of carbonyl (C=O) groups is 3. The first-order valence-corrected chi connectivity index (χ1v) is 6.56. The average molecular weight is 287 g/mol. The number of hydrogen-bond acceptors (Lipinski definition) is 4. The lowest BCUT2D eigenvalue weighted by atomic mass is 9.89. The van der Waals surface area contributed by atoms with Gasteiger partial charge in [0.25, 0.3) is 0 Å². The Morgan fingerprint density at radius 3 is 2.95 bits per heavy atom. The molecule has 1 saturated heterocycles. The highest BCUT2D eigenvalue weighted by atomic mass is 16.4. The minimum absolute atomic E-state index is 0.233. The number of hydrogen-bond donors (Lipinski definition) is 2. The normalized spacial score (nSPS) is 18.8. The van der Waals surface area contributed by atoms with Gasteiger partial charge in [-0.2, -0.15) is 5.10 Å². The molecular formula is C14H13N3O4. The summed E-state index contributed by atoms with van der Waals surface area (Å²) in [6, 6.07) is 5.36. The van der Waals surface area contributed by atoms with Gasteiger partial charge in [0.15, 0.2) is 0 Å². The van der Waals surface area contributed by atoms with E-state index in [0.717, 1.165) is 10.9 Å². The third-order valence-electron chi connectivity index (χ3n) is 3.54. The number of amides is 2. The van der Waals surface area contributed by atoms with Gasteiger partial charge in [0, 0.05) is 18.0 Å². The third kappa shape index (κ3) is 2.49. The number of rotatable bonds is 3. The van der Waals surface area contributed by atoms with Crippen LogP contribution in [0.1, 0.15) is 24.3 Å². The molecular weight excluding hydrogens is 274 g/mol. The molecule has 1 aromatic heterocycles. The summed E-state index contributed by atoms with van der Waals surface area (Å²) in [5, 5.41) is 16.1. The minimum Gasteiger partial charge on any atom is -0.480 e. The highest BCUT2D eigenvalue weighted by molar-refractivity contribution is 6.02. The fourth-order valence-electron chi connectivity index (χ4n) is 2.63. The quantitative estimate of drug-likeness (QED) is 0.807. The molecule has 1 unspecified atom stereocenters. The Hall–Kier alpha value is -2.70. The molecule has 3 rings (SSSR count). The molecule has 2 heterocycles. The van der Waals surface area contributed by atoms with Crippen LogP contribution in [0.15, 0.2) is 24.4 Å². The number of piperidine rings is 1. The van der Waals surface area contributed by atoms with Gasteiger partial charge in [-0.05, 0) is 18.1 Å². The average Bonchev–Trinajstić information content (AvgIpc) is 2.80. The van der Waals surface area contributed by atoms with Crippen LogP contribution in [0.5, 0.6) is 0 Å². The number of carboxylic acids is 1. The van der Waals surface area contributed by atoms with Crippen molar-refractivity contribution in [1.82, 2.24) is 15.1 Å². The SMILES string of the molecule is O=C(O)Cn1cc2c(C3CCC(=O)NC3=O)cccc2n1. The van der Waals surface area contributed by atoms with E-state index in [9.17, 15) is 14.4 Å². The molecule has 2 aromatic rings. The maximum Gasteiger partial charge on any atom is 0.325 e. The molecule has 2 N–H and O–H groups in total. The molecule has 0 bridgehead atoms. The van der Waals surface area contributed by atoms with Crippen LogP contribution in [-0.4, -0.2) is 32.7 Å². The van der Waals surface area contributed by atoms with E-state index in [1.54, 1.807) is 18.3 Å². The van der Waals surface area contributed by atoms with E-state index < -0.39 is 11.9 Å². The Bertz CT molecular complexity index is 750. The lowest BCUT2D eigenvalue weighted by Gasteiger charge is -2.21. The van der Waals surface area contributed by atoms with Gasteiger partial charge >= 0.3 is 5.97 Å². The molecule has 2 amide bonds. The van der Waals surface area contributed by atoms with Gasteiger partial charge in [0.05, 0.1) is 11.4 Å². The topological polar surface area (TPSA) is 101 Å². The summed E-state index contributed by atoms with van der Waals surface area (Å²) in [5.41, 5.74) is 1.41. The van der Waals surface area contributed by atoms with Gasteiger partial charge in [-0.1, -0.05) is 12.1 Å². The van der Waals surface area contributed by atoms with Gasteiger partial charge in [0.1, 0.15) is 6.54 Å². The highest BCUT2D eigenvalue weighted by Crippen LogP contribution is 2.30. The van der Waals surface area contributed by atoms with Gasteiger partial charge in [-0.3, -0.25) is 24.4 Å². The second-order valence-corrected chi connectivity index (χ2v) is 5.00. The standard InChI is InChI=1S/C14H13N3O4/c18-12-5-4-9(14(21)15-12)8-2-1-3-11-10(8)6-17(16-11)7-13(19)20/h1-3,6,9H,4-5,7H2,(H,19,20)(H,15,18,21). The Kier molecular flexibility index (Phi) is 3.17. The molecule has 1 aromatic carbocycles. The zero-order valence-corrected chi connectivity index (χ0v) is 11.1. The largest absolute Gasteiger partial charge is 0.480 e. The lowest BCUT2D eigenvalue weighted by molar-refractivity contribution is -0.138. The molecule has 1 atom stereocenters. The Morgan fingerprint density at radius 1 is 1.43 bits per heavy atom. The predicted octanol–water partition coefficient (Wildman–Crippen LogP) is 0.641. The van der Waals surface area contributed by atoms with Crippen molar-refractivity contribution in [3.05, 3.63) is 30.0 Å². The minimum atomic E-state index is -0.981. The van der Waals surface area contributed by atoms with Crippen LogP contribution < -0.4 is 5.32 Å². The van der Waals surface area contributed by atoms with Gasteiger partial charge < -0.3 is 5.11 Å². The summed E-state index contributed by atoms with van der Waals surface area (Å²) >= 11 is 0. The van der Waals surface area contributed by atoms with Crippen molar-refractivity contribution in [2.75, 3.05) is 0 Å². The third-order valence-corrected chi connectivity index (χ3v) is 3.54. The number of benzene rings is 1. The van der Waals surface area contributed by atoms with Crippen molar-refractivity contribution in [2.45, 2.75) is 25.3 Å². The van der Waals surface area contributed by atoms with E-state index in [-0.39, 0.29) is 18.4 Å². The van der Waals surface area contributed by atoms with Crippen LogP contribution in [0.4, 0.5) is 0 Å². The second-order valence-electron chi connectivity index (χ2n) is 5.00. The first-order valence-electron chi connectivity index (χ1n) is 6.56. The molecule has 1 aliphatic rings. The number of nitrogens with one attached hydrogen (secondary N) is 1. The van der Waals surface area contributed by atoms with E-state index in [1.165, 1.54) is 4.68 Å². The predicted molar refractivity (Wildman–Crippen MR) is 72.5 cm³/mol. The van der Waals surface area contributed by atoms with Gasteiger partial charge in [-0.25, -0.2) is 0 Å². The van der Waals surface area contributed by atoms with Gasteiger partial charge in [0.2, 0.25) is 11.8 Å². The van der Waals surface area contributed by atoms with Crippen molar-refractivity contribution >= 4 is 28.7 Å². The van der Waals surface area contributed by atoms with Crippen molar-refractivity contribution in [1.29, 1.82) is 0 Å². The van der Waals surface area contributed by atoms with E-state index in [0.29, 0.717) is 18.4 Å². The maximum atomic E-state index is 12.0. The fraction of sp³-hybridized carbons (Fsp3) is 0.286. The molecule has 0 spiro atoms. The zero-order chi connectivity index (χ0) is 15.0. The molecule has 7 nitrogen and oxygen atoms in total. The van der Waals surface area contributed by atoms with Crippen LogP contribution in [0.3, 0.4) is 0 Å². The summed E-state index contributed by atoms with van der Waals surface area (Å²) < 4.78 is 1.34. The molecule has 1 fully saturated rings. The van der Waals surface area contributed by atoms with E-state index in [2.05, 4.69) is 10.4 Å². The lowest BCUT2D eigenvalue weighted by Crippen LogP contribution is -2.39. The molecule has 0 radical (unpaired) electrons. The van der Waals surface area contributed by atoms with Crippen molar-refractivity contribution in [3.63, 3.8) is 0 Å². The summed E-state index contributed by atoms with van der Waals surface area (Å²) in [6.07, 6.45) is 2.38. The molecule has 108 valence electrons. The number of imide groups is 1. The van der Waals surface area contributed by atoms with Crippen LogP contribution in [0.25, 0.3) is 10.9 Å². The fourth-order valence-corrected chi connectivity index (χ4v) is 2.63. The summed E-state index contributed by atoms with van der Waals surface area (Å²) in [4.78, 5) is 34.0. The van der Waals surface area contributed by atoms with Gasteiger partial charge in [-0.15, -0.1) is 0 Å². The number of aromatic nitrogens is 2. The summed E-state index contributed by atoms with van der Waals surface area (Å²) in [7, 11) is 0. The number of fused-ring (bicyclic) bond motifs is 1. The number of nitrogens with zero attached hydrogens (tertiary/aromatic N) is 2. The highest BCUT2D eigenvalue weighted by Gasteiger charge is 2.29. The second kappa shape index (κ2) is 5.01. The number of aliphatic carboxylic acids is 1. The van der Waals surface area contributed by atoms with Crippen LogP contribution in [-0.2, 0) is 20.9 Å². The molecule has 0 aliphatic carbocycles. The Labute approximate surface area is 119 Å². The smallest absolute Gasteiger partial charge is 0.325 e. The summed E-state index contributed by atoms with van der Waals surface area (Å²) in [6.45, 7) is -0.233.